The number of benzene rings is 1. The molecule has 19 heavy (non-hydrogen) atoms. The molecule has 0 aliphatic heterocycles. The SMILES string of the molecule is Cc1c(CCl)cc(Cl)cc1S(=O)(=O)N(C)CC(F)F. The van der Waals surface area contributed by atoms with E-state index >= 15 is 0 Å². The van der Waals surface area contributed by atoms with Gasteiger partial charge in [0, 0.05) is 18.0 Å². The van der Waals surface area contributed by atoms with Gasteiger partial charge in [0.1, 0.15) is 0 Å². The van der Waals surface area contributed by atoms with Crippen LogP contribution in [-0.4, -0.2) is 32.7 Å². The van der Waals surface area contributed by atoms with Crippen molar-refractivity contribution in [3.8, 4) is 0 Å². The van der Waals surface area contributed by atoms with Crippen LogP contribution in [0.2, 0.25) is 5.02 Å². The Labute approximate surface area is 121 Å². The molecule has 0 aromatic heterocycles. The summed E-state index contributed by atoms with van der Waals surface area (Å²) < 4.78 is 49.6. The van der Waals surface area contributed by atoms with Crippen LogP contribution in [-0.2, 0) is 15.9 Å². The number of alkyl halides is 3. The summed E-state index contributed by atoms with van der Waals surface area (Å²) in [4.78, 5) is -0.0983. The van der Waals surface area contributed by atoms with Crippen molar-refractivity contribution in [2.45, 2.75) is 24.1 Å². The highest BCUT2D eigenvalue weighted by molar-refractivity contribution is 7.89. The molecule has 0 saturated carbocycles. The zero-order chi connectivity index (χ0) is 14.8. The first-order chi connectivity index (χ1) is 8.70. The van der Waals surface area contributed by atoms with Crippen molar-refractivity contribution in [3.05, 3.63) is 28.3 Å². The fourth-order valence-corrected chi connectivity index (χ4v) is 3.60. The van der Waals surface area contributed by atoms with E-state index in [1.165, 1.54) is 6.07 Å². The molecular formula is C11H13Cl2F2NO2S. The molecule has 1 aromatic carbocycles. The molecule has 108 valence electrons. The van der Waals surface area contributed by atoms with Crippen LogP contribution < -0.4 is 0 Å². The second-order valence-corrected chi connectivity index (χ2v) is 6.72. The van der Waals surface area contributed by atoms with E-state index in [0.29, 0.717) is 15.4 Å². The van der Waals surface area contributed by atoms with Crippen LogP contribution in [0, 0.1) is 6.92 Å². The average molecular weight is 332 g/mol. The third kappa shape index (κ3) is 3.78. The Hall–Kier alpha value is -0.430. The Balaban J connectivity index is 3.32. The molecule has 8 heteroatoms. The minimum atomic E-state index is -4.01. The lowest BCUT2D eigenvalue weighted by molar-refractivity contribution is 0.126. The lowest BCUT2D eigenvalue weighted by atomic mass is 10.1. The molecule has 0 heterocycles. The number of hydrogen-bond acceptors (Lipinski definition) is 2. The van der Waals surface area contributed by atoms with Gasteiger partial charge in [-0.2, -0.15) is 4.31 Å². The Morgan fingerprint density at radius 1 is 1.37 bits per heavy atom. The molecule has 0 spiro atoms. The molecule has 0 amide bonds. The van der Waals surface area contributed by atoms with Crippen molar-refractivity contribution >= 4 is 33.2 Å². The summed E-state index contributed by atoms with van der Waals surface area (Å²) in [5, 5.41) is 0.199. The van der Waals surface area contributed by atoms with Gasteiger partial charge in [0.05, 0.1) is 11.4 Å². The van der Waals surface area contributed by atoms with Gasteiger partial charge in [-0.1, -0.05) is 11.6 Å². The zero-order valence-corrected chi connectivity index (χ0v) is 12.7. The van der Waals surface area contributed by atoms with Gasteiger partial charge in [0.2, 0.25) is 10.0 Å². The van der Waals surface area contributed by atoms with Crippen LogP contribution >= 0.6 is 23.2 Å². The normalized spacial score (nSPS) is 12.4. The van der Waals surface area contributed by atoms with E-state index in [1.807, 2.05) is 0 Å². The van der Waals surface area contributed by atoms with Crippen LogP contribution in [0.1, 0.15) is 11.1 Å². The highest BCUT2D eigenvalue weighted by Gasteiger charge is 2.26. The van der Waals surface area contributed by atoms with Gasteiger partial charge < -0.3 is 0 Å². The van der Waals surface area contributed by atoms with Gasteiger partial charge in [-0.05, 0) is 30.2 Å². The van der Waals surface area contributed by atoms with Gasteiger partial charge in [-0.3, -0.25) is 0 Å². The van der Waals surface area contributed by atoms with E-state index in [9.17, 15) is 17.2 Å². The van der Waals surface area contributed by atoms with Crippen LogP contribution in [0.25, 0.3) is 0 Å². The van der Waals surface area contributed by atoms with E-state index in [2.05, 4.69) is 0 Å². The summed E-state index contributed by atoms with van der Waals surface area (Å²) in [6.45, 7) is 0.696. The molecule has 0 N–H and O–H groups in total. The lowest BCUT2D eigenvalue weighted by Gasteiger charge is -2.19. The predicted molar refractivity (Wildman–Crippen MR) is 71.6 cm³/mol. The zero-order valence-electron chi connectivity index (χ0n) is 10.3. The Morgan fingerprint density at radius 2 is 1.95 bits per heavy atom. The maximum absolute atomic E-state index is 12.3. The number of halogens is 4. The van der Waals surface area contributed by atoms with Gasteiger partial charge in [-0.15, -0.1) is 11.6 Å². The minimum Gasteiger partial charge on any atom is -0.209 e. The highest BCUT2D eigenvalue weighted by Crippen LogP contribution is 2.27. The van der Waals surface area contributed by atoms with E-state index in [-0.39, 0.29) is 15.8 Å². The molecule has 0 aliphatic carbocycles. The summed E-state index contributed by atoms with van der Waals surface area (Å²) in [5.74, 6) is 0.0907. The Kier molecular flexibility index (Phi) is 5.55. The second kappa shape index (κ2) is 6.35. The summed E-state index contributed by atoms with van der Waals surface area (Å²) in [6, 6.07) is 2.79. The van der Waals surface area contributed by atoms with Crippen molar-refractivity contribution in [2.75, 3.05) is 13.6 Å². The van der Waals surface area contributed by atoms with Crippen LogP contribution in [0.15, 0.2) is 17.0 Å². The Bertz CT molecular complexity index is 564. The molecule has 1 rings (SSSR count). The molecule has 0 unspecified atom stereocenters. The summed E-state index contributed by atoms with van der Waals surface area (Å²) in [6.07, 6.45) is -2.74. The number of rotatable bonds is 5. The van der Waals surface area contributed by atoms with E-state index in [1.54, 1.807) is 13.0 Å². The second-order valence-electron chi connectivity index (χ2n) is 4.00. The highest BCUT2D eigenvalue weighted by atomic mass is 35.5. The maximum atomic E-state index is 12.3. The van der Waals surface area contributed by atoms with E-state index in [0.717, 1.165) is 7.05 Å². The molecular weight excluding hydrogens is 319 g/mol. The molecule has 3 nitrogen and oxygen atoms in total. The van der Waals surface area contributed by atoms with E-state index < -0.39 is 23.0 Å². The van der Waals surface area contributed by atoms with Crippen LogP contribution in [0.4, 0.5) is 8.78 Å². The largest absolute Gasteiger partial charge is 0.252 e. The van der Waals surface area contributed by atoms with Gasteiger partial charge in [0.15, 0.2) is 0 Å². The van der Waals surface area contributed by atoms with Crippen molar-refractivity contribution in [3.63, 3.8) is 0 Å². The Morgan fingerprint density at radius 3 is 2.42 bits per heavy atom. The van der Waals surface area contributed by atoms with Crippen LogP contribution in [0.3, 0.4) is 0 Å². The third-order valence-corrected chi connectivity index (χ3v) is 5.12. The standard InChI is InChI=1S/C11H13Cl2F2NO2S/c1-7-8(5-12)3-9(13)4-10(7)19(17,18)16(2)6-11(14)15/h3-4,11H,5-6H2,1-2H3. The maximum Gasteiger partial charge on any atom is 0.252 e. The quantitative estimate of drug-likeness (QED) is 0.776. The number of sulfonamides is 1. The molecule has 0 saturated heterocycles. The van der Waals surface area contributed by atoms with Gasteiger partial charge in [-0.25, -0.2) is 17.2 Å². The predicted octanol–water partition coefficient (Wildman–Crippen LogP) is 3.27. The smallest absolute Gasteiger partial charge is 0.209 e. The fraction of sp³-hybridized carbons (Fsp3) is 0.455. The summed E-state index contributed by atoms with van der Waals surface area (Å²) in [7, 11) is -2.91. The molecule has 0 aliphatic rings. The van der Waals surface area contributed by atoms with Crippen molar-refractivity contribution in [1.29, 1.82) is 0 Å². The third-order valence-electron chi connectivity index (χ3n) is 2.66. The van der Waals surface area contributed by atoms with Crippen molar-refractivity contribution < 1.29 is 17.2 Å². The first kappa shape index (κ1) is 16.6. The minimum absolute atomic E-state index is 0.0907. The van der Waals surface area contributed by atoms with Gasteiger partial charge >= 0.3 is 0 Å². The van der Waals surface area contributed by atoms with Gasteiger partial charge in [0.25, 0.3) is 6.43 Å². The van der Waals surface area contributed by atoms with Crippen molar-refractivity contribution in [2.24, 2.45) is 0 Å². The topological polar surface area (TPSA) is 37.4 Å². The summed E-state index contributed by atoms with van der Waals surface area (Å²) >= 11 is 11.5. The molecule has 1 aromatic rings. The molecule has 0 bridgehead atoms. The monoisotopic (exact) mass is 331 g/mol. The first-order valence-corrected chi connectivity index (χ1v) is 7.65. The first-order valence-electron chi connectivity index (χ1n) is 5.29. The lowest BCUT2D eigenvalue weighted by Crippen LogP contribution is -2.32. The number of nitrogens with zero attached hydrogens (tertiary/aromatic N) is 1. The number of hydrogen-bond donors (Lipinski definition) is 0. The fourth-order valence-electron chi connectivity index (χ4n) is 1.58. The molecule has 0 atom stereocenters. The van der Waals surface area contributed by atoms with Crippen molar-refractivity contribution in [1.82, 2.24) is 4.31 Å². The average Bonchev–Trinajstić information content (AvgIpc) is 2.30. The van der Waals surface area contributed by atoms with E-state index in [4.69, 9.17) is 23.2 Å². The summed E-state index contributed by atoms with van der Waals surface area (Å²) in [5.41, 5.74) is 0.971. The van der Waals surface area contributed by atoms with Crippen LogP contribution in [0.5, 0.6) is 0 Å². The molecule has 0 fully saturated rings. The molecule has 0 radical (unpaired) electrons.